The van der Waals surface area contributed by atoms with E-state index in [1.807, 2.05) is 25.1 Å². The molecule has 0 fully saturated rings. The van der Waals surface area contributed by atoms with Gasteiger partial charge in [0.05, 0.1) is 12.5 Å². The van der Waals surface area contributed by atoms with E-state index in [0.29, 0.717) is 18.4 Å². The van der Waals surface area contributed by atoms with Crippen molar-refractivity contribution in [2.75, 3.05) is 6.61 Å². The van der Waals surface area contributed by atoms with Gasteiger partial charge < -0.3 is 4.74 Å². The van der Waals surface area contributed by atoms with Crippen LogP contribution < -0.4 is 0 Å². The third-order valence-corrected chi connectivity index (χ3v) is 3.40. The van der Waals surface area contributed by atoms with Gasteiger partial charge in [-0.1, -0.05) is 51.1 Å². The van der Waals surface area contributed by atoms with Crippen molar-refractivity contribution in [2.24, 2.45) is 17.8 Å². The number of ether oxygens (including phenoxy) is 1. The van der Waals surface area contributed by atoms with Gasteiger partial charge in [-0.25, -0.2) is 0 Å². The minimum atomic E-state index is -0.0420. The van der Waals surface area contributed by atoms with Gasteiger partial charge in [0, 0.05) is 0 Å². The lowest BCUT2D eigenvalue weighted by Crippen LogP contribution is -2.27. The molecule has 1 rings (SSSR count). The van der Waals surface area contributed by atoms with Crippen LogP contribution in [0.1, 0.15) is 39.7 Å². The predicted octanol–water partition coefficient (Wildman–Crippen LogP) is 4.09. The van der Waals surface area contributed by atoms with Crippen LogP contribution >= 0.6 is 0 Å². The Labute approximate surface area is 117 Å². The van der Waals surface area contributed by atoms with Crippen LogP contribution in [0.15, 0.2) is 30.3 Å². The minimum absolute atomic E-state index is 0.000145. The lowest BCUT2D eigenvalue weighted by Gasteiger charge is -2.24. The summed E-state index contributed by atoms with van der Waals surface area (Å²) in [6.45, 7) is 8.79. The Hall–Kier alpha value is -1.31. The zero-order valence-corrected chi connectivity index (χ0v) is 12.6. The summed E-state index contributed by atoms with van der Waals surface area (Å²) in [5, 5.41) is 0. The van der Waals surface area contributed by atoms with Crippen LogP contribution in [-0.2, 0) is 16.0 Å². The standard InChI is InChI=1S/C17H26O2/c1-5-19-17(18)16(11-13(2)3)14(4)12-15-9-7-6-8-10-15/h6-10,13-14,16H,5,11-12H2,1-4H3/t14?,16-/m0/s1. The number of hydrogen-bond donors (Lipinski definition) is 0. The van der Waals surface area contributed by atoms with Crippen molar-refractivity contribution in [1.82, 2.24) is 0 Å². The van der Waals surface area contributed by atoms with Crippen LogP contribution in [0.5, 0.6) is 0 Å². The molecule has 19 heavy (non-hydrogen) atoms. The van der Waals surface area contributed by atoms with E-state index in [-0.39, 0.29) is 11.9 Å². The Bertz CT molecular complexity index is 370. The number of carbonyl (C=O) groups excluding carboxylic acids is 1. The van der Waals surface area contributed by atoms with Gasteiger partial charge in [-0.2, -0.15) is 0 Å². The average Bonchev–Trinajstić information content (AvgIpc) is 2.37. The summed E-state index contributed by atoms with van der Waals surface area (Å²) in [5.41, 5.74) is 1.29. The number of rotatable bonds is 7. The zero-order chi connectivity index (χ0) is 14.3. The fourth-order valence-corrected chi connectivity index (χ4v) is 2.45. The van der Waals surface area contributed by atoms with E-state index in [1.165, 1.54) is 5.56 Å². The van der Waals surface area contributed by atoms with E-state index >= 15 is 0 Å². The zero-order valence-electron chi connectivity index (χ0n) is 12.6. The molecule has 0 radical (unpaired) electrons. The molecule has 0 aliphatic rings. The third kappa shape index (κ3) is 5.46. The number of carbonyl (C=O) groups is 1. The van der Waals surface area contributed by atoms with Crippen molar-refractivity contribution in [3.63, 3.8) is 0 Å². The van der Waals surface area contributed by atoms with Gasteiger partial charge in [0.25, 0.3) is 0 Å². The quantitative estimate of drug-likeness (QED) is 0.692. The molecule has 106 valence electrons. The Morgan fingerprint density at radius 3 is 2.32 bits per heavy atom. The van der Waals surface area contributed by atoms with E-state index < -0.39 is 0 Å². The molecule has 2 atom stereocenters. The lowest BCUT2D eigenvalue weighted by molar-refractivity contribution is -0.150. The van der Waals surface area contributed by atoms with E-state index in [0.717, 1.165) is 12.8 Å². The van der Waals surface area contributed by atoms with Gasteiger partial charge in [0.2, 0.25) is 0 Å². The van der Waals surface area contributed by atoms with Crippen LogP contribution in [0.3, 0.4) is 0 Å². The molecule has 1 aromatic carbocycles. The van der Waals surface area contributed by atoms with Crippen molar-refractivity contribution < 1.29 is 9.53 Å². The maximum Gasteiger partial charge on any atom is 0.309 e. The second-order valence-electron chi connectivity index (χ2n) is 5.66. The number of benzene rings is 1. The fraction of sp³-hybridized carbons (Fsp3) is 0.588. The molecule has 0 bridgehead atoms. The first-order chi connectivity index (χ1) is 9.04. The predicted molar refractivity (Wildman–Crippen MR) is 78.9 cm³/mol. The largest absolute Gasteiger partial charge is 0.466 e. The summed E-state index contributed by atoms with van der Waals surface area (Å²) >= 11 is 0. The molecule has 1 aromatic rings. The van der Waals surface area contributed by atoms with Crippen molar-refractivity contribution >= 4 is 5.97 Å². The molecule has 2 heteroatoms. The highest BCUT2D eigenvalue weighted by Crippen LogP contribution is 2.25. The second kappa shape index (κ2) is 7.98. The Balaban J connectivity index is 2.70. The lowest BCUT2D eigenvalue weighted by atomic mass is 9.83. The molecule has 0 saturated heterocycles. The van der Waals surface area contributed by atoms with Crippen molar-refractivity contribution in [3.8, 4) is 0 Å². The van der Waals surface area contributed by atoms with Crippen LogP contribution in [0, 0.1) is 17.8 Å². The summed E-state index contributed by atoms with van der Waals surface area (Å²) in [4.78, 5) is 12.1. The molecule has 0 amide bonds. The van der Waals surface area contributed by atoms with Gasteiger partial charge in [0.1, 0.15) is 0 Å². The first-order valence-corrected chi connectivity index (χ1v) is 7.25. The number of hydrogen-bond acceptors (Lipinski definition) is 2. The van der Waals surface area contributed by atoms with E-state index in [9.17, 15) is 4.79 Å². The highest BCUT2D eigenvalue weighted by atomic mass is 16.5. The maximum atomic E-state index is 12.1. The van der Waals surface area contributed by atoms with Crippen LogP contribution in [0.2, 0.25) is 0 Å². The van der Waals surface area contributed by atoms with Gasteiger partial charge in [-0.15, -0.1) is 0 Å². The van der Waals surface area contributed by atoms with E-state index in [1.54, 1.807) is 0 Å². The maximum absolute atomic E-state index is 12.1. The van der Waals surface area contributed by atoms with Crippen LogP contribution in [-0.4, -0.2) is 12.6 Å². The van der Waals surface area contributed by atoms with E-state index in [4.69, 9.17) is 4.74 Å². The molecule has 0 aliphatic heterocycles. The first-order valence-electron chi connectivity index (χ1n) is 7.25. The molecule has 1 unspecified atom stereocenters. The minimum Gasteiger partial charge on any atom is -0.466 e. The topological polar surface area (TPSA) is 26.3 Å². The molecule has 0 aromatic heterocycles. The normalized spacial score (nSPS) is 14.2. The molecular weight excluding hydrogens is 236 g/mol. The van der Waals surface area contributed by atoms with Crippen LogP contribution in [0.4, 0.5) is 0 Å². The van der Waals surface area contributed by atoms with E-state index in [2.05, 4.69) is 32.9 Å². The molecule has 0 heterocycles. The summed E-state index contributed by atoms with van der Waals surface area (Å²) < 4.78 is 5.22. The van der Waals surface area contributed by atoms with Crippen molar-refractivity contribution in [1.29, 1.82) is 0 Å². The smallest absolute Gasteiger partial charge is 0.309 e. The highest BCUT2D eigenvalue weighted by molar-refractivity contribution is 5.72. The molecule has 0 saturated carbocycles. The molecule has 0 aliphatic carbocycles. The van der Waals surface area contributed by atoms with Crippen LogP contribution in [0.25, 0.3) is 0 Å². The summed E-state index contributed by atoms with van der Waals surface area (Å²) in [6.07, 6.45) is 1.82. The molecule has 2 nitrogen and oxygen atoms in total. The molecule has 0 N–H and O–H groups in total. The van der Waals surface area contributed by atoms with Gasteiger partial charge >= 0.3 is 5.97 Å². The SMILES string of the molecule is CCOC(=O)[C@@H](CC(C)C)C(C)Cc1ccccc1. The molecule has 0 spiro atoms. The summed E-state index contributed by atoms with van der Waals surface area (Å²) in [5.74, 6) is 0.774. The average molecular weight is 262 g/mol. The Morgan fingerprint density at radius 1 is 1.16 bits per heavy atom. The van der Waals surface area contributed by atoms with Gasteiger partial charge in [-0.05, 0) is 37.2 Å². The Morgan fingerprint density at radius 2 is 1.79 bits per heavy atom. The van der Waals surface area contributed by atoms with Crippen molar-refractivity contribution in [2.45, 2.75) is 40.5 Å². The number of esters is 1. The highest BCUT2D eigenvalue weighted by Gasteiger charge is 2.27. The van der Waals surface area contributed by atoms with Gasteiger partial charge in [0.15, 0.2) is 0 Å². The fourth-order valence-electron chi connectivity index (χ4n) is 2.45. The van der Waals surface area contributed by atoms with Crippen molar-refractivity contribution in [3.05, 3.63) is 35.9 Å². The molecular formula is C17H26O2. The van der Waals surface area contributed by atoms with Gasteiger partial charge in [-0.3, -0.25) is 4.79 Å². The second-order valence-corrected chi connectivity index (χ2v) is 5.66. The summed E-state index contributed by atoms with van der Waals surface area (Å²) in [7, 11) is 0. The first kappa shape index (κ1) is 15.7. The monoisotopic (exact) mass is 262 g/mol. The third-order valence-electron chi connectivity index (χ3n) is 3.40. The summed E-state index contributed by atoms with van der Waals surface area (Å²) in [6, 6.07) is 10.3. The Kier molecular flexibility index (Phi) is 6.61.